The maximum absolute atomic E-state index is 4.04. The van der Waals surface area contributed by atoms with Gasteiger partial charge < -0.3 is 0 Å². The highest BCUT2D eigenvalue weighted by Gasteiger charge is 1.97. The zero-order valence-electron chi connectivity index (χ0n) is 18.8. The van der Waals surface area contributed by atoms with E-state index < -0.39 is 0 Å². The first kappa shape index (κ1) is 25.0. The van der Waals surface area contributed by atoms with Gasteiger partial charge in [0.25, 0.3) is 0 Å². The minimum absolute atomic E-state index is 1.05. The summed E-state index contributed by atoms with van der Waals surface area (Å²) in [5.74, 6) is 0. The third-order valence-electron chi connectivity index (χ3n) is 5.84. The molecule has 0 bridgehead atoms. The van der Waals surface area contributed by atoms with Gasteiger partial charge in [-0.3, -0.25) is 0 Å². The molecule has 0 N–H and O–H groups in total. The van der Waals surface area contributed by atoms with Crippen LogP contribution in [0.2, 0.25) is 0 Å². The van der Waals surface area contributed by atoms with E-state index >= 15 is 0 Å². The summed E-state index contributed by atoms with van der Waals surface area (Å²) < 4.78 is 0. The lowest BCUT2D eigenvalue weighted by atomic mass is 10.0. The van der Waals surface area contributed by atoms with Crippen LogP contribution in [0.25, 0.3) is 0 Å². The van der Waals surface area contributed by atoms with E-state index in [0.29, 0.717) is 0 Å². The van der Waals surface area contributed by atoms with Crippen molar-refractivity contribution in [1.29, 1.82) is 0 Å². The largest absolute Gasteiger partial charge is 0.139 e. The number of unbranched alkanes of at least 4 members (excludes halogenated alkanes) is 19. The molecule has 0 aliphatic heterocycles. The van der Waals surface area contributed by atoms with Crippen LogP contribution in [-0.4, -0.2) is 15.4 Å². The summed E-state index contributed by atoms with van der Waals surface area (Å²) >= 11 is 0. The molecule has 0 atom stereocenters. The topological polar surface area (TPSA) is 38.7 Å². The zero-order valence-corrected chi connectivity index (χ0v) is 18.8. The predicted octanol–water partition coefficient (Wildman–Crippen LogP) is 8.24. The van der Waals surface area contributed by atoms with Gasteiger partial charge in [0.1, 0.15) is 0 Å². The third-order valence-corrected chi connectivity index (χ3v) is 5.84. The van der Waals surface area contributed by atoms with Crippen molar-refractivity contribution in [2.75, 3.05) is 0 Å². The van der Waals surface area contributed by atoms with Crippen LogP contribution in [0.15, 0.2) is 12.3 Å². The average Bonchev–Trinajstić information content (AvgIpc) is 2.73. The molecule has 0 fully saturated rings. The molecule has 3 nitrogen and oxygen atoms in total. The van der Waals surface area contributed by atoms with Crippen molar-refractivity contribution < 1.29 is 0 Å². The van der Waals surface area contributed by atoms with Crippen molar-refractivity contribution in [2.24, 2.45) is 0 Å². The van der Waals surface area contributed by atoms with Crippen LogP contribution in [0.3, 0.4) is 0 Å². The molecule has 28 heavy (non-hydrogen) atoms. The van der Waals surface area contributed by atoms with Gasteiger partial charge >= 0.3 is 0 Å². The molecule has 0 aliphatic carbocycles. The molecular formula is C25H47N3. The molecule has 1 heterocycles. The fourth-order valence-electron chi connectivity index (χ4n) is 3.96. The first-order valence-corrected chi connectivity index (χ1v) is 12.6. The maximum atomic E-state index is 4.04. The molecule has 0 unspecified atom stereocenters. The first-order chi connectivity index (χ1) is 13.9. The van der Waals surface area contributed by atoms with Crippen LogP contribution in [-0.2, 0) is 6.42 Å². The molecule has 0 aliphatic rings. The Kier molecular flexibility index (Phi) is 18.5. The molecule has 1 aromatic rings. The summed E-state index contributed by atoms with van der Waals surface area (Å²) in [4.78, 5) is 0. The van der Waals surface area contributed by atoms with Gasteiger partial charge in [0, 0.05) is 0 Å². The van der Waals surface area contributed by atoms with E-state index in [0.717, 1.165) is 12.1 Å². The fourth-order valence-corrected chi connectivity index (χ4v) is 3.96. The van der Waals surface area contributed by atoms with Gasteiger partial charge in [-0.15, -0.1) is 10.2 Å². The molecule has 0 saturated carbocycles. The molecule has 3 heteroatoms. The molecule has 0 amide bonds. The van der Waals surface area contributed by atoms with E-state index in [-0.39, 0.29) is 0 Å². The van der Waals surface area contributed by atoms with E-state index in [4.69, 9.17) is 0 Å². The van der Waals surface area contributed by atoms with E-state index in [1.165, 1.54) is 128 Å². The molecule has 162 valence electrons. The summed E-state index contributed by atoms with van der Waals surface area (Å²) in [5, 5.41) is 11.4. The lowest BCUT2D eigenvalue weighted by Crippen LogP contribution is -1.94. The van der Waals surface area contributed by atoms with Crippen LogP contribution in [0, 0.1) is 0 Å². The van der Waals surface area contributed by atoms with Crippen molar-refractivity contribution in [1.82, 2.24) is 15.4 Å². The number of hydrogen-bond acceptors (Lipinski definition) is 3. The average molecular weight is 390 g/mol. The van der Waals surface area contributed by atoms with Crippen LogP contribution in [0.5, 0.6) is 0 Å². The number of nitrogens with zero attached hydrogens (tertiary/aromatic N) is 3. The number of hydrogen-bond donors (Lipinski definition) is 0. The number of rotatable bonds is 21. The second-order valence-electron chi connectivity index (χ2n) is 8.58. The monoisotopic (exact) mass is 389 g/mol. The fraction of sp³-hybridized carbons (Fsp3) is 0.880. The minimum atomic E-state index is 1.05. The van der Waals surface area contributed by atoms with Gasteiger partial charge in [-0.2, -0.15) is 0 Å². The Bertz CT molecular complexity index is 408. The highest BCUT2D eigenvalue weighted by atomic mass is 15.3. The van der Waals surface area contributed by atoms with Crippen LogP contribution in [0.1, 0.15) is 141 Å². The van der Waals surface area contributed by atoms with Gasteiger partial charge in [0.15, 0.2) is 0 Å². The van der Waals surface area contributed by atoms with E-state index in [2.05, 4.69) is 22.3 Å². The summed E-state index contributed by atoms with van der Waals surface area (Å²) in [6, 6.07) is 1.97. The van der Waals surface area contributed by atoms with Crippen LogP contribution in [0.4, 0.5) is 0 Å². The molecule has 0 aromatic carbocycles. The van der Waals surface area contributed by atoms with Crippen molar-refractivity contribution in [3.63, 3.8) is 0 Å². The minimum Gasteiger partial charge on any atom is -0.139 e. The highest BCUT2D eigenvalue weighted by molar-refractivity contribution is 4.94. The lowest BCUT2D eigenvalue weighted by Gasteiger charge is -2.04. The normalized spacial score (nSPS) is 11.2. The predicted molar refractivity (Wildman–Crippen MR) is 122 cm³/mol. The molecule has 1 aromatic heterocycles. The van der Waals surface area contributed by atoms with Crippen molar-refractivity contribution >= 4 is 0 Å². The zero-order chi connectivity index (χ0) is 20.0. The summed E-state index contributed by atoms with van der Waals surface area (Å²) in [5.41, 5.74) is 1.08. The van der Waals surface area contributed by atoms with Crippen molar-refractivity contribution in [2.45, 2.75) is 142 Å². The standard InChI is InChI=1S/C25H47N3/c1-2-3-4-5-6-7-8-9-10-11-12-13-14-15-16-17-18-19-20-21-22-25-23-24-26-28-27-25/h23-24H,2-22H2,1H3. The molecule has 0 radical (unpaired) electrons. The Morgan fingerprint density at radius 3 is 1.29 bits per heavy atom. The SMILES string of the molecule is CCCCCCCCCCCCCCCCCCCCCCc1ccnnn1. The molecule has 0 saturated heterocycles. The molecular weight excluding hydrogens is 342 g/mol. The summed E-state index contributed by atoms with van der Waals surface area (Å²) in [6.07, 6.45) is 31.4. The van der Waals surface area contributed by atoms with Gasteiger partial charge in [-0.25, -0.2) is 0 Å². The first-order valence-electron chi connectivity index (χ1n) is 12.6. The van der Waals surface area contributed by atoms with E-state index in [9.17, 15) is 0 Å². The summed E-state index contributed by atoms with van der Waals surface area (Å²) in [7, 11) is 0. The van der Waals surface area contributed by atoms with Crippen molar-refractivity contribution in [3.8, 4) is 0 Å². The van der Waals surface area contributed by atoms with Gasteiger partial charge in [0.05, 0.1) is 11.9 Å². The Balaban J connectivity index is 1.67. The molecule has 0 spiro atoms. The van der Waals surface area contributed by atoms with Crippen molar-refractivity contribution in [3.05, 3.63) is 18.0 Å². The quantitative estimate of drug-likeness (QED) is 0.199. The second-order valence-corrected chi connectivity index (χ2v) is 8.58. The number of aromatic nitrogens is 3. The van der Waals surface area contributed by atoms with E-state index in [1.54, 1.807) is 6.20 Å². The third kappa shape index (κ3) is 17.1. The Hall–Kier alpha value is -0.990. The Morgan fingerprint density at radius 1 is 0.536 bits per heavy atom. The van der Waals surface area contributed by atoms with Gasteiger partial charge in [-0.05, 0) is 24.1 Å². The summed E-state index contributed by atoms with van der Waals surface area (Å²) in [6.45, 7) is 2.30. The van der Waals surface area contributed by atoms with Gasteiger partial charge in [-0.1, -0.05) is 129 Å². The lowest BCUT2D eigenvalue weighted by molar-refractivity contribution is 0.521. The van der Waals surface area contributed by atoms with Gasteiger partial charge in [0.2, 0.25) is 0 Å². The van der Waals surface area contributed by atoms with E-state index in [1.807, 2.05) is 6.07 Å². The van der Waals surface area contributed by atoms with Crippen LogP contribution < -0.4 is 0 Å². The maximum Gasteiger partial charge on any atom is 0.0664 e. The Labute approximate surface area is 175 Å². The Morgan fingerprint density at radius 2 is 0.929 bits per heavy atom. The number of aryl methyl sites for hydroxylation is 1. The smallest absolute Gasteiger partial charge is 0.0664 e. The highest BCUT2D eigenvalue weighted by Crippen LogP contribution is 2.15. The second kappa shape index (κ2) is 20.7. The van der Waals surface area contributed by atoms with Crippen LogP contribution >= 0.6 is 0 Å². The molecule has 1 rings (SSSR count).